The lowest BCUT2D eigenvalue weighted by molar-refractivity contribution is -0.138. The van der Waals surface area contributed by atoms with Crippen LogP contribution >= 0.6 is 11.6 Å². The molecule has 1 aliphatic heterocycles. The molecule has 0 unspecified atom stereocenters. The van der Waals surface area contributed by atoms with Crippen molar-refractivity contribution in [3.05, 3.63) is 22.3 Å². The third kappa shape index (κ3) is 2.81. The zero-order valence-corrected chi connectivity index (χ0v) is 12.4. The van der Waals surface area contributed by atoms with Gasteiger partial charge in [0.1, 0.15) is 22.6 Å². The Labute approximate surface area is 134 Å². The number of nitriles is 1. The monoisotopic (exact) mass is 345 g/mol. The zero-order chi connectivity index (χ0) is 16.9. The SMILES string of the molecule is N#Cc1c(C(F)(F)F)cc(N2C[C@@H]3[C@H](CC(=O)O)[C@@H]3C2)nc1Cl. The van der Waals surface area contributed by atoms with Crippen LogP contribution < -0.4 is 4.90 Å². The molecular weight excluding hydrogens is 335 g/mol. The Morgan fingerprint density at radius 2 is 2.09 bits per heavy atom. The standard InChI is InChI=1S/C14H11ClF3N3O2/c15-13-7(3-19)10(14(16,17)18)2-11(20-13)21-4-8-6(1-12(22)23)9(8)5-21/h2,6,8-9H,1,4-5H2,(H,22,23)/t6-,8+,9-. The summed E-state index contributed by atoms with van der Waals surface area (Å²) in [7, 11) is 0. The van der Waals surface area contributed by atoms with Crippen LogP contribution in [0.15, 0.2) is 6.07 Å². The quantitative estimate of drug-likeness (QED) is 0.852. The predicted molar refractivity (Wildman–Crippen MR) is 73.9 cm³/mol. The van der Waals surface area contributed by atoms with Crippen LogP contribution in [0.25, 0.3) is 0 Å². The largest absolute Gasteiger partial charge is 0.481 e. The smallest absolute Gasteiger partial charge is 0.417 e. The van der Waals surface area contributed by atoms with E-state index < -0.39 is 28.4 Å². The minimum atomic E-state index is -4.69. The van der Waals surface area contributed by atoms with Crippen LogP contribution in [0.4, 0.5) is 19.0 Å². The molecule has 1 saturated heterocycles. The molecule has 2 aliphatic rings. The molecule has 1 aromatic heterocycles. The summed E-state index contributed by atoms with van der Waals surface area (Å²) < 4.78 is 39.2. The molecule has 3 atom stereocenters. The number of piperidine rings is 1. The minimum absolute atomic E-state index is 0.0719. The summed E-state index contributed by atoms with van der Waals surface area (Å²) in [6.07, 6.45) is -4.61. The highest BCUT2D eigenvalue weighted by molar-refractivity contribution is 6.30. The molecular formula is C14H11ClF3N3O2. The van der Waals surface area contributed by atoms with Gasteiger partial charge in [-0.3, -0.25) is 4.79 Å². The van der Waals surface area contributed by atoms with Gasteiger partial charge in [0.2, 0.25) is 0 Å². The third-order valence-electron chi connectivity index (χ3n) is 4.48. The zero-order valence-electron chi connectivity index (χ0n) is 11.6. The normalized spacial score (nSPS) is 25.9. The first-order chi connectivity index (χ1) is 10.7. The van der Waals surface area contributed by atoms with Crippen LogP contribution in [-0.4, -0.2) is 29.1 Å². The van der Waals surface area contributed by atoms with Crippen LogP contribution in [0.1, 0.15) is 17.5 Å². The van der Waals surface area contributed by atoms with Gasteiger partial charge in [0.15, 0.2) is 0 Å². The molecule has 3 rings (SSSR count). The Hall–Kier alpha value is -2.01. The lowest BCUT2D eigenvalue weighted by Gasteiger charge is -2.22. The average Bonchev–Trinajstić information content (AvgIpc) is 2.89. The van der Waals surface area contributed by atoms with Crippen molar-refractivity contribution >= 4 is 23.4 Å². The average molecular weight is 346 g/mol. The van der Waals surface area contributed by atoms with Crippen molar-refractivity contribution < 1.29 is 23.1 Å². The number of hydrogen-bond acceptors (Lipinski definition) is 4. The van der Waals surface area contributed by atoms with E-state index in [1.807, 2.05) is 0 Å². The summed E-state index contributed by atoms with van der Waals surface area (Å²) in [6.45, 7) is 0.907. The van der Waals surface area contributed by atoms with E-state index in [2.05, 4.69) is 4.98 Å². The van der Waals surface area contributed by atoms with E-state index in [1.54, 1.807) is 4.90 Å². The number of rotatable bonds is 3. The van der Waals surface area contributed by atoms with E-state index in [9.17, 15) is 18.0 Å². The number of fused-ring (bicyclic) bond motifs is 1. The Bertz CT molecular complexity index is 704. The van der Waals surface area contributed by atoms with Gasteiger partial charge in [-0.15, -0.1) is 0 Å². The molecule has 122 valence electrons. The van der Waals surface area contributed by atoms with E-state index >= 15 is 0 Å². The summed E-state index contributed by atoms with van der Waals surface area (Å²) in [5, 5.41) is 17.2. The highest BCUT2D eigenvalue weighted by atomic mass is 35.5. The second-order valence-electron chi connectivity index (χ2n) is 5.80. The van der Waals surface area contributed by atoms with Gasteiger partial charge in [-0.05, 0) is 23.8 Å². The topological polar surface area (TPSA) is 77.2 Å². The van der Waals surface area contributed by atoms with Crippen molar-refractivity contribution in [1.29, 1.82) is 5.26 Å². The summed E-state index contributed by atoms with van der Waals surface area (Å²) >= 11 is 5.73. The molecule has 0 amide bonds. The number of halogens is 4. The van der Waals surface area contributed by atoms with Crippen molar-refractivity contribution in [3.63, 3.8) is 0 Å². The van der Waals surface area contributed by atoms with Gasteiger partial charge in [0.25, 0.3) is 0 Å². The van der Waals surface area contributed by atoms with Crippen LogP contribution in [0.5, 0.6) is 0 Å². The molecule has 1 aliphatic carbocycles. The molecule has 9 heteroatoms. The number of alkyl halides is 3. The summed E-state index contributed by atoms with van der Waals surface area (Å²) in [5.41, 5.74) is -1.78. The summed E-state index contributed by atoms with van der Waals surface area (Å²) in [5.74, 6) is -0.384. The number of pyridine rings is 1. The summed E-state index contributed by atoms with van der Waals surface area (Å²) in [6, 6.07) is 2.27. The first-order valence-corrected chi connectivity index (χ1v) is 7.24. The second-order valence-corrected chi connectivity index (χ2v) is 6.16. The van der Waals surface area contributed by atoms with E-state index in [4.69, 9.17) is 22.0 Å². The number of aromatic nitrogens is 1. The molecule has 2 heterocycles. The van der Waals surface area contributed by atoms with Crippen LogP contribution in [0, 0.1) is 29.1 Å². The van der Waals surface area contributed by atoms with Crippen molar-refractivity contribution in [2.75, 3.05) is 18.0 Å². The number of anilines is 1. The Balaban J connectivity index is 1.83. The predicted octanol–water partition coefficient (Wildman–Crippen LogP) is 2.78. The van der Waals surface area contributed by atoms with E-state index in [0.717, 1.165) is 6.07 Å². The molecule has 1 saturated carbocycles. The van der Waals surface area contributed by atoms with Crippen molar-refractivity contribution in [3.8, 4) is 6.07 Å². The molecule has 0 radical (unpaired) electrons. The Kier molecular flexibility index (Phi) is 3.64. The van der Waals surface area contributed by atoms with Crippen molar-refractivity contribution in [2.45, 2.75) is 12.6 Å². The van der Waals surface area contributed by atoms with Gasteiger partial charge < -0.3 is 10.0 Å². The molecule has 1 aromatic rings. The van der Waals surface area contributed by atoms with Crippen LogP contribution in [0.2, 0.25) is 5.15 Å². The highest BCUT2D eigenvalue weighted by Crippen LogP contribution is 2.54. The van der Waals surface area contributed by atoms with Crippen molar-refractivity contribution in [2.24, 2.45) is 17.8 Å². The number of carboxylic acid groups (broad SMARTS) is 1. The first kappa shape index (κ1) is 15.9. The summed E-state index contributed by atoms with van der Waals surface area (Å²) in [4.78, 5) is 16.3. The lowest BCUT2D eigenvalue weighted by Crippen LogP contribution is -2.26. The number of nitrogens with zero attached hydrogens (tertiary/aromatic N) is 3. The molecule has 0 spiro atoms. The molecule has 0 bridgehead atoms. The fourth-order valence-corrected chi connectivity index (χ4v) is 3.56. The van der Waals surface area contributed by atoms with E-state index in [0.29, 0.717) is 13.1 Å². The number of hydrogen-bond donors (Lipinski definition) is 1. The van der Waals surface area contributed by atoms with Gasteiger partial charge in [0, 0.05) is 19.5 Å². The minimum Gasteiger partial charge on any atom is -0.481 e. The van der Waals surface area contributed by atoms with Crippen LogP contribution in [-0.2, 0) is 11.0 Å². The maximum atomic E-state index is 13.1. The number of carboxylic acids is 1. The van der Waals surface area contributed by atoms with Gasteiger partial charge in [-0.2, -0.15) is 18.4 Å². The second kappa shape index (κ2) is 5.27. The molecule has 0 aromatic carbocycles. The van der Waals surface area contributed by atoms with E-state index in [1.165, 1.54) is 6.07 Å². The van der Waals surface area contributed by atoms with Crippen molar-refractivity contribution in [1.82, 2.24) is 4.98 Å². The molecule has 23 heavy (non-hydrogen) atoms. The maximum Gasteiger partial charge on any atom is 0.417 e. The first-order valence-electron chi connectivity index (χ1n) is 6.87. The maximum absolute atomic E-state index is 13.1. The Morgan fingerprint density at radius 3 is 2.57 bits per heavy atom. The van der Waals surface area contributed by atoms with Gasteiger partial charge >= 0.3 is 12.1 Å². The van der Waals surface area contributed by atoms with E-state index in [-0.39, 0.29) is 30.0 Å². The number of carbonyl (C=O) groups is 1. The number of aliphatic carboxylic acids is 1. The Morgan fingerprint density at radius 1 is 1.48 bits per heavy atom. The van der Waals surface area contributed by atoms with Gasteiger partial charge in [-0.25, -0.2) is 4.98 Å². The fraction of sp³-hybridized carbons (Fsp3) is 0.500. The lowest BCUT2D eigenvalue weighted by atomic mass is 10.1. The highest BCUT2D eigenvalue weighted by Gasteiger charge is 2.56. The van der Waals surface area contributed by atoms with Gasteiger partial charge in [0.05, 0.1) is 5.56 Å². The molecule has 1 N–H and O–H groups in total. The van der Waals surface area contributed by atoms with Gasteiger partial charge in [-0.1, -0.05) is 11.6 Å². The van der Waals surface area contributed by atoms with Crippen LogP contribution in [0.3, 0.4) is 0 Å². The molecule has 2 fully saturated rings. The third-order valence-corrected chi connectivity index (χ3v) is 4.76. The fourth-order valence-electron chi connectivity index (χ4n) is 3.33. The molecule has 5 nitrogen and oxygen atoms in total.